The van der Waals surface area contributed by atoms with Gasteiger partial charge in [-0.2, -0.15) is 0 Å². The fourth-order valence-corrected chi connectivity index (χ4v) is 5.62. The fraction of sp³-hybridized carbons (Fsp3) is 0.267. The first-order valence-corrected chi connectivity index (χ1v) is 8.93. The summed E-state index contributed by atoms with van der Waals surface area (Å²) in [6.07, 6.45) is 0.491. The van der Waals surface area contributed by atoms with Crippen molar-refractivity contribution in [3.05, 3.63) is 48.5 Å². The van der Waals surface area contributed by atoms with E-state index in [0.717, 1.165) is 18.8 Å². The summed E-state index contributed by atoms with van der Waals surface area (Å²) in [6.45, 7) is 0. The smallest absolute Gasteiger partial charge is 0.231 e. The molecule has 1 aromatic heterocycles. The Morgan fingerprint density at radius 3 is 2.71 bits per heavy atom. The van der Waals surface area contributed by atoms with Crippen LogP contribution in [0.15, 0.2) is 31.8 Å². The van der Waals surface area contributed by atoms with Gasteiger partial charge < -0.3 is 10.2 Å². The predicted octanol–water partition coefficient (Wildman–Crippen LogP) is 4.10. The van der Waals surface area contributed by atoms with Gasteiger partial charge in [0.1, 0.15) is 0 Å². The van der Waals surface area contributed by atoms with Crippen molar-refractivity contribution < 1.29 is 4.79 Å². The second-order valence-electron chi connectivity index (χ2n) is 5.02. The summed E-state index contributed by atoms with van der Waals surface area (Å²) in [5.74, 6) is 0.155. The third-order valence-electron chi connectivity index (χ3n) is 3.80. The van der Waals surface area contributed by atoms with E-state index in [1.165, 1.54) is 11.1 Å². The lowest BCUT2D eigenvalue weighted by Gasteiger charge is -2.18. The van der Waals surface area contributed by atoms with Crippen LogP contribution in [0.4, 0.5) is 5.69 Å². The molecule has 0 fully saturated rings. The van der Waals surface area contributed by atoms with E-state index in [4.69, 9.17) is 0 Å². The molecule has 1 N–H and O–H groups in total. The third-order valence-corrected chi connectivity index (χ3v) is 6.18. The van der Waals surface area contributed by atoms with Gasteiger partial charge in [0.05, 0.1) is 20.0 Å². The summed E-state index contributed by atoms with van der Waals surface area (Å²) in [7, 11) is 3.78. The predicted molar refractivity (Wildman–Crippen MR) is 94.2 cm³/mol. The summed E-state index contributed by atoms with van der Waals surface area (Å²) in [5.41, 5.74) is 4.49. The highest BCUT2D eigenvalue weighted by Crippen LogP contribution is 2.39. The third kappa shape index (κ3) is 2.70. The Kier molecular flexibility index (Phi) is 4.23. The van der Waals surface area contributed by atoms with E-state index in [2.05, 4.69) is 55.4 Å². The molecule has 2 heterocycles. The summed E-state index contributed by atoms with van der Waals surface area (Å²) >= 11 is 8.82. The molecule has 3 nitrogen and oxygen atoms in total. The molecule has 0 aliphatic carbocycles. The SMILES string of the molecule is CNC(c1ccc2c(c1)CC(=O)N2C)c1cc(Br)sc1Br. The van der Waals surface area contributed by atoms with Crippen molar-refractivity contribution in [2.45, 2.75) is 12.5 Å². The van der Waals surface area contributed by atoms with Crippen LogP contribution in [-0.2, 0) is 11.2 Å². The van der Waals surface area contributed by atoms with Gasteiger partial charge in [-0.3, -0.25) is 4.79 Å². The van der Waals surface area contributed by atoms with E-state index in [9.17, 15) is 4.79 Å². The Morgan fingerprint density at radius 1 is 1.33 bits per heavy atom. The molecule has 110 valence electrons. The molecular weight excluding hydrogens is 416 g/mol. The Labute approximate surface area is 144 Å². The van der Waals surface area contributed by atoms with Gasteiger partial charge in [-0.15, -0.1) is 11.3 Å². The lowest BCUT2D eigenvalue weighted by atomic mass is 9.98. The van der Waals surface area contributed by atoms with Crippen LogP contribution in [0.1, 0.15) is 22.7 Å². The first kappa shape index (κ1) is 15.2. The van der Waals surface area contributed by atoms with Crippen LogP contribution in [-0.4, -0.2) is 20.0 Å². The minimum Gasteiger partial charge on any atom is -0.315 e. The molecule has 0 saturated carbocycles. The molecule has 0 spiro atoms. The average molecular weight is 430 g/mol. The van der Waals surface area contributed by atoms with Crippen molar-refractivity contribution in [2.24, 2.45) is 0 Å². The number of nitrogens with zero attached hydrogens (tertiary/aromatic N) is 1. The van der Waals surface area contributed by atoms with Crippen molar-refractivity contribution in [3.8, 4) is 0 Å². The maximum atomic E-state index is 11.8. The zero-order valence-corrected chi connectivity index (χ0v) is 15.6. The minimum atomic E-state index is 0.105. The van der Waals surface area contributed by atoms with Crippen molar-refractivity contribution in [1.29, 1.82) is 0 Å². The minimum absolute atomic E-state index is 0.105. The van der Waals surface area contributed by atoms with Gasteiger partial charge in [-0.05, 0) is 67.7 Å². The first-order chi connectivity index (χ1) is 10.0. The number of likely N-dealkylation sites (N-methyl/N-ethyl adjacent to an activating group) is 1. The van der Waals surface area contributed by atoms with E-state index >= 15 is 0 Å². The molecular formula is C15H14Br2N2OS. The number of benzene rings is 1. The fourth-order valence-electron chi connectivity index (χ4n) is 2.72. The normalized spacial score (nSPS) is 15.4. The Balaban J connectivity index is 2.02. The molecule has 1 aliphatic rings. The van der Waals surface area contributed by atoms with Crippen LogP contribution in [0.25, 0.3) is 0 Å². The van der Waals surface area contributed by atoms with E-state index in [1.54, 1.807) is 16.2 Å². The van der Waals surface area contributed by atoms with Crippen molar-refractivity contribution in [3.63, 3.8) is 0 Å². The summed E-state index contributed by atoms with van der Waals surface area (Å²) in [6, 6.07) is 8.49. The quantitative estimate of drug-likeness (QED) is 0.796. The molecule has 1 aliphatic heterocycles. The lowest BCUT2D eigenvalue weighted by Crippen LogP contribution is -2.20. The van der Waals surface area contributed by atoms with Crippen LogP contribution in [0.3, 0.4) is 0 Å². The van der Waals surface area contributed by atoms with Crippen LogP contribution < -0.4 is 10.2 Å². The number of nitrogens with one attached hydrogen (secondary N) is 1. The van der Waals surface area contributed by atoms with Crippen LogP contribution >= 0.6 is 43.2 Å². The van der Waals surface area contributed by atoms with Crippen LogP contribution in [0.2, 0.25) is 0 Å². The maximum absolute atomic E-state index is 11.8. The van der Waals surface area contributed by atoms with E-state index in [-0.39, 0.29) is 11.9 Å². The average Bonchev–Trinajstić information content (AvgIpc) is 2.91. The number of rotatable bonds is 3. The van der Waals surface area contributed by atoms with Gasteiger partial charge >= 0.3 is 0 Å². The lowest BCUT2D eigenvalue weighted by molar-refractivity contribution is -0.117. The zero-order valence-electron chi connectivity index (χ0n) is 11.6. The topological polar surface area (TPSA) is 32.3 Å². The molecule has 2 aromatic rings. The van der Waals surface area contributed by atoms with Gasteiger partial charge in [-0.1, -0.05) is 12.1 Å². The molecule has 0 saturated heterocycles. The molecule has 6 heteroatoms. The summed E-state index contributed by atoms with van der Waals surface area (Å²) in [4.78, 5) is 13.5. The zero-order chi connectivity index (χ0) is 15.1. The van der Waals surface area contributed by atoms with Crippen molar-refractivity contribution >= 4 is 54.8 Å². The van der Waals surface area contributed by atoms with Gasteiger partial charge in [-0.25, -0.2) is 0 Å². The number of hydrogen-bond donors (Lipinski definition) is 1. The largest absolute Gasteiger partial charge is 0.315 e. The van der Waals surface area contributed by atoms with Crippen molar-refractivity contribution in [1.82, 2.24) is 5.32 Å². The summed E-state index contributed by atoms with van der Waals surface area (Å²) < 4.78 is 2.21. The Hall–Kier alpha value is -0.690. The number of carbonyl (C=O) groups is 1. The molecule has 1 unspecified atom stereocenters. The van der Waals surface area contributed by atoms with E-state index in [1.807, 2.05) is 20.2 Å². The number of hydrogen-bond acceptors (Lipinski definition) is 3. The Bertz CT molecular complexity index is 714. The summed E-state index contributed by atoms with van der Waals surface area (Å²) in [5, 5.41) is 3.36. The number of amides is 1. The van der Waals surface area contributed by atoms with Crippen LogP contribution in [0, 0.1) is 0 Å². The monoisotopic (exact) mass is 428 g/mol. The molecule has 0 radical (unpaired) electrons. The highest BCUT2D eigenvalue weighted by atomic mass is 79.9. The molecule has 0 bridgehead atoms. The number of halogens is 2. The molecule has 1 atom stereocenters. The highest BCUT2D eigenvalue weighted by Gasteiger charge is 2.26. The second kappa shape index (κ2) is 5.83. The second-order valence-corrected chi connectivity index (χ2v) is 8.77. The maximum Gasteiger partial charge on any atom is 0.231 e. The first-order valence-electron chi connectivity index (χ1n) is 6.52. The van der Waals surface area contributed by atoms with Crippen molar-refractivity contribution in [2.75, 3.05) is 19.0 Å². The molecule has 21 heavy (non-hydrogen) atoms. The number of carbonyl (C=O) groups excluding carboxylic acids is 1. The van der Waals surface area contributed by atoms with Gasteiger partial charge in [0.25, 0.3) is 0 Å². The Morgan fingerprint density at radius 2 is 2.10 bits per heavy atom. The van der Waals surface area contributed by atoms with Gasteiger partial charge in [0, 0.05) is 12.7 Å². The van der Waals surface area contributed by atoms with Crippen LogP contribution in [0.5, 0.6) is 0 Å². The van der Waals surface area contributed by atoms with Gasteiger partial charge in [0.15, 0.2) is 0 Å². The standard InChI is InChI=1S/C15H14Br2N2OS/c1-18-14(10-7-12(16)21-15(10)17)8-3-4-11-9(5-8)6-13(20)19(11)2/h3-5,7,14,18H,6H2,1-2H3. The number of fused-ring (bicyclic) bond motifs is 1. The molecule has 1 aromatic carbocycles. The van der Waals surface area contributed by atoms with E-state index < -0.39 is 0 Å². The highest BCUT2D eigenvalue weighted by molar-refractivity contribution is 9.12. The van der Waals surface area contributed by atoms with E-state index in [0.29, 0.717) is 6.42 Å². The molecule has 1 amide bonds. The number of anilines is 1. The number of thiophene rings is 1. The molecule has 3 rings (SSSR count). The van der Waals surface area contributed by atoms with Gasteiger partial charge in [0.2, 0.25) is 5.91 Å².